The summed E-state index contributed by atoms with van der Waals surface area (Å²) in [4.78, 5) is 10.7. The van der Waals surface area contributed by atoms with E-state index < -0.39 is 11.4 Å². The van der Waals surface area contributed by atoms with Crippen LogP contribution >= 0.6 is 0 Å². The van der Waals surface area contributed by atoms with Crippen LogP contribution in [-0.2, 0) is 4.79 Å². The molecule has 0 bridgehead atoms. The number of carbonyl (C=O) groups is 1. The third-order valence-corrected chi connectivity index (χ3v) is 1.61. The van der Waals surface area contributed by atoms with Crippen LogP contribution in [-0.4, -0.2) is 11.1 Å². The highest BCUT2D eigenvalue weighted by molar-refractivity contribution is 5.78. The maximum Gasteiger partial charge on any atom is 0.324 e. The van der Waals surface area contributed by atoms with Crippen LogP contribution in [0.4, 0.5) is 0 Å². The van der Waals surface area contributed by atoms with Crippen molar-refractivity contribution in [2.75, 3.05) is 0 Å². The zero-order valence-electron chi connectivity index (χ0n) is 8.79. The molecule has 0 aromatic rings. The number of carboxylic acids is 1. The largest absolute Gasteiger partial charge is 0.480 e. The first kappa shape index (κ1) is 14.9. The Hall–Kier alpha value is -1.56. The van der Waals surface area contributed by atoms with E-state index in [1.807, 2.05) is 13.8 Å². The van der Waals surface area contributed by atoms with E-state index in [-0.39, 0.29) is 12.8 Å². The van der Waals surface area contributed by atoms with E-state index in [4.69, 9.17) is 10.4 Å². The molecule has 0 aliphatic carbocycles. The summed E-state index contributed by atoms with van der Waals surface area (Å²) in [6.07, 6.45) is 3.15. The van der Waals surface area contributed by atoms with Crippen LogP contribution in [0.2, 0.25) is 0 Å². The Labute approximate surface area is 85.4 Å². The van der Waals surface area contributed by atoms with Gasteiger partial charge in [-0.1, -0.05) is 26.0 Å². The summed E-state index contributed by atoms with van der Waals surface area (Å²) in [6, 6.07) is 1.77. The van der Waals surface area contributed by atoms with E-state index >= 15 is 0 Å². The Morgan fingerprint density at radius 3 is 1.93 bits per heavy atom. The van der Waals surface area contributed by atoms with Crippen LogP contribution in [0.5, 0.6) is 0 Å². The monoisotopic (exact) mass is 195 g/mol. The molecular weight excluding hydrogens is 178 g/mol. The molecule has 0 spiro atoms. The normalized spacial score (nSPS) is 8.93. The van der Waals surface area contributed by atoms with Crippen LogP contribution in [0.25, 0.3) is 0 Å². The maximum absolute atomic E-state index is 10.7. The summed E-state index contributed by atoms with van der Waals surface area (Å²) < 4.78 is 0. The maximum atomic E-state index is 10.7. The molecule has 0 aliphatic heterocycles. The number of nitriles is 1. The van der Waals surface area contributed by atoms with E-state index in [2.05, 4.69) is 13.2 Å². The number of allylic oxidation sites excluding steroid dienone is 2. The molecule has 1 N–H and O–H groups in total. The summed E-state index contributed by atoms with van der Waals surface area (Å²) in [6.45, 7) is 10.8. The molecule has 3 nitrogen and oxygen atoms in total. The van der Waals surface area contributed by atoms with Crippen molar-refractivity contribution in [3.8, 4) is 6.07 Å². The first-order valence-electron chi connectivity index (χ1n) is 4.49. The molecule has 0 aromatic heterocycles. The van der Waals surface area contributed by atoms with E-state index in [1.54, 1.807) is 6.07 Å². The number of hydrogen-bond acceptors (Lipinski definition) is 2. The van der Waals surface area contributed by atoms with Crippen molar-refractivity contribution in [2.24, 2.45) is 5.41 Å². The highest BCUT2D eigenvalue weighted by Crippen LogP contribution is 2.26. The molecule has 14 heavy (non-hydrogen) atoms. The quantitative estimate of drug-likeness (QED) is 0.686. The molecule has 0 heterocycles. The van der Waals surface area contributed by atoms with Gasteiger partial charge >= 0.3 is 5.97 Å². The lowest BCUT2D eigenvalue weighted by Gasteiger charge is -2.17. The van der Waals surface area contributed by atoms with Gasteiger partial charge in [-0.25, -0.2) is 0 Å². The van der Waals surface area contributed by atoms with Gasteiger partial charge in [-0.05, 0) is 12.8 Å². The van der Waals surface area contributed by atoms with Gasteiger partial charge in [-0.2, -0.15) is 5.26 Å². The number of aliphatic carboxylic acids is 1. The third kappa shape index (κ3) is 3.90. The van der Waals surface area contributed by atoms with Crippen LogP contribution in [0.15, 0.2) is 25.3 Å². The fraction of sp³-hybridized carbons (Fsp3) is 0.455. The summed E-state index contributed by atoms with van der Waals surface area (Å²) in [5.74, 6) is -1.12. The van der Waals surface area contributed by atoms with Crippen molar-refractivity contribution in [3.05, 3.63) is 25.3 Å². The summed E-state index contributed by atoms with van der Waals surface area (Å²) in [7, 11) is 0. The Bertz CT molecular complexity index is 228. The lowest BCUT2D eigenvalue weighted by atomic mass is 9.83. The molecule has 0 saturated carbocycles. The molecule has 0 aromatic carbocycles. The standard InChI is InChI=1S/C9H11NO2.C2H6/c1-3-5-9(7-10,6-4-2)8(11)12;1-2/h3-4H,1-2,5-6H2,(H,11,12);1-2H3. The molecule has 3 heteroatoms. The number of nitrogens with zero attached hydrogens (tertiary/aromatic N) is 1. The molecular formula is C11H17NO2. The Kier molecular flexibility index (Phi) is 8.60. The zero-order chi connectivity index (χ0) is 11.6. The second kappa shape index (κ2) is 8.06. The van der Waals surface area contributed by atoms with Gasteiger partial charge in [0, 0.05) is 0 Å². The predicted molar refractivity (Wildman–Crippen MR) is 56.7 cm³/mol. The minimum atomic E-state index is -1.37. The van der Waals surface area contributed by atoms with Crippen molar-refractivity contribution in [3.63, 3.8) is 0 Å². The van der Waals surface area contributed by atoms with Crippen molar-refractivity contribution in [1.82, 2.24) is 0 Å². The Morgan fingerprint density at radius 2 is 1.79 bits per heavy atom. The van der Waals surface area contributed by atoms with E-state index in [0.29, 0.717) is 0 Å². The SMILES string of the molecule is C=CCC(C#N)(CC=C)C(=O)O.CC. The minimum absolute atomic E-state index is 0.144. The molecule has 78 valence electrons. The van der Waals surface area contributed by atoms with Gasteiger partial charge in [0.2, 0.25) is 0 Å². The summed E-state index contributed by atoms with van der Waals surface area (Å²) in [5.41, 5.74) is -1.37. The molecule has 0 radical (unpaired) electrons. The molecule has 0 atom stereocenters. The molecule has 0 amide bonds. The Balaban J connectivity index is 0. The van der Waals surface area contributed by atoms with E-state index in [1.165, 1.54) is 12.2 Å². The van der Waals surface area contributed by atoms with Crippen LogP contribution < -0.4 is 0 Å². The highest BCUT2D eigenvalue weighted by Gasteiger charge is 2.36. The topological polar surface area (TPSA) is 61.1 Å². The lowest BCUT2D eigenvalue weighted by molar-refractivity contribution is -0.145. The first-order valence-corrected chi connectivity index (χ1v) is 4.49. The highest BCUT2D eigenvalue weighted by atomic mass is 16.4. The average molecular weight is 195 g/mol. The fourth-order valence-electron chi connectivity index (χ4n) is 0.890. The number of hydrogen-bond donors (Lipinski definition) is 1. The van der Waals surface area contributed by atoms with Crippen LogP contribution in [0.3, 0.4) is 0 Å². The molecule has 0 fully saturated rings. The van der Waals surface area contributed by atoms with Crippen LogP contribution in [0, 0.1) is 16.7 Å². The summed E-state index contributed by atoms with van der Waals surface area (Å²) >= 11 is 0. The minimum Gasteiger partial charge on any atom is -0.480 e. The first-order chi connectivity index (χ1) is 6.63. The summed E-state index contributed by atoms with van der Waals surface area (Å²) in [5, 5.41) is 17.5. The molecule has 0 unspecified atom stereocenters. The smallest absolute Gasteiger partial charge is 0.324 e. The zero-order valence-corrected chi connectivity index (χ0v) is 8.79. The van der Waals surface area contributed by atoms with Crippen LogP contribution in [0.1, 0.15) is 26.7 Å². The van der Waals surface area contributed by atoms with Gasteiger partial charge in [-0.3, -0.25) is 4.79 Å². The van der Waals surface area contributed by atoms with Gasteiger partial charge in [0.25, 0.3) is 0 Å². The molecule has 0 aliphatic rings. The predicted octanol–water partition coefficient (Wildman–Crippen LogP) is 2.76. The van der Waals surface area contributed by atoms with Gasteiger partial charge in [0.1, 0.15) is 0 Å². The molecule has 0 rings (SSSR count). The van der Waals surface area contributed by atoms with E-state index in [9.17, 15) is 4.79 Å². The lowest BCUT2D eigenvalue weighted by Crippen LogP contribution is -2.28. The van der Waals surface area contributed by atoms with Gasteiger partial charge in [0.05, 0.1) is 6.07 Å². The van der Waals surface area contributed by atoms with Crippen molar-refractivity contribution in [1.29, 1.82) is 5.26 Å². The van der Waals surface area contributed by atoms with Gasteiger partial charge in [-0.15, -0.1) is 13.2 Å². The van der Waals surface area contributed by atoms with Gasteiger partial charge < -0.3 is 5.11 Å². The molecule has 0 saturated heterocycles. The second-order valence-corrected chi connectivity index (χ2v) is 2.48. The Morgan fingerprint density at radius 1 is 1.43 bits per heavy atom. The average Bonchev–Trinajstić information content (AvgIpc) is 2.20. The van der Waals surface area contributed by atoms with Crippen molar-refractivity contribution >= 4 is 5.97 Å². The van der Waals surface area contributed by atoms with Gasteiger partial charge in [0.15, 0.2) is 5.41 Å². The number of carboxylic acid groups (broad SMARTS) is 1. The second-order valence-electron chi connectivity index (χ2n) is 2.48. The van der Waals surface area contributed by atoms with Crippen molar-refractivity contribution < 1.29 is 9.90 Å². The fourth-order valence-corrected chi connectivity index (χ4v) is 0.890. The number of rotatable bonds is 5. The third-order valence-electron chi connectivity index (χ3n) is 1.61. The van der Waals surface area contributed by atoms with Crippen molar-refractivity contribution in [2.45, 2.75) is 26.7 Å². The van der Waals surface area contributed by atoms with E-state index in [0.717, 1.165) is 0 Å².